The first-order valence-corrected chi connectivity index (χ1v) is 13.4. The molecule has 2 fully saturated rings. The molecule has 1 atom stereocenters. The maximum Gasteiger partial charge on any atom is 0.251 e. The van der Waals surface area contributed by atoms with Gasteiger partial charge in [0.2, 0.25) is 10.0 Å². The molecule has 6 nitrogen and oxygen atoms in total. The second-order valence-corrected chi connectivity index (χ2v) is 11.4. The number of halogens is 1. The van der Waals surface area contributed by atoms with Crippen LogP contribution in [0, 0.1) is 0 Å². The molecule has 0 aromatic heterocycles. The predicted molar refractivity (Wildman–Crippen MR) is 129 cm³/mol. The summed E-state index contributed by atoms with van der Waals surface area (Å²) in [4.78, 5) is 13.2. The minimum absolute atomic E-state index is 0.0349. The first-order chi connectivity index (χ1) is 15.8. The van der Waals surface area contributed by atoms with E-state index in [2.05, 4.69) is 5.32 Å². The summed E-state index contributed by atoms with van der Waals surface area (Å²) in [5.41, 5.74) is 1.15. The molecular formula is C25H31ClN2O4S. The van der Waals surface area contributed by atoms with Gasteiger partial charge in [-0.1, -0.05) is 36.2 Å². The van der Waals surface area contributed by atoms with Crippen molar-refractivity contribution in [2.75, 3.05) is 26.3 Å². The van der Waals surface area contributed by atoms with Crippen LogP contribution in [0.25, 0.3) is 0 Å². The van der Waals surface area contributed by atoms with Gasteiger partial charge in [-0.05, 0) is 68.5 Å². The van der Waals surface area contributed by atoms with Crippen molar-refractivity contribution in [3.8, 4) is 0 Å². The number of hydrogen-bond acceptors (Lipinski definition) is 4. The third kappa shape index (κ3) is 5.27. The van der Waals surface area contributed by atoms with Gasteiger partial charge in [0.1, 0.15) is 0 Å². The van der Waals surface area contributed by atoms with Crippen LogP contribution in [0.5, 0.6) is 0 Å². The molecule has 0 saturated carbocycles. The van der Waals surface area contributed by atoms with Crippen LogP contribution in [0.4, 0.5) is 0 Å². The van der Waals surface area contributed by atoms with Crippen molar-refractivity contribution in [2.24, 2.45) is 0 Å². The van der Waals surface area contributed by atoms with Crippen LogP contribution in [0.15, 0.2) is 53.4 Å². The summed E-state index contributed by atoms with van der Waals surface area (Å²) in [7, 11) is -3.64. The highest BCUT2D eigenvalue weighted by Gasteiger charge is 2.35. The van der Waals surface area contributed by atoms with E-state index in [1.807, 2.05) is 31.2 Å². The molecule has 1 unspecified atom stereocenters. The second-order valence-electron chi connectivity index (χ2n) is 9.07. The molecule has 2 aliphatic heterocycles. The maximum absolute atomic E-state index is 13.2. The average molecular weight is 491 g/mol. The number of hydrogen-bond donors (Lipinski definition) is 1. The minimum atomic E-state index is -3.64. The van der Waals surface area contributed by atoms with Crippen molar-refractivity contribution < 1.29 is 17.9 Å². The zero-order chi connectivity index (χ0) is 23.5. The van der Waals surface area contributed by atoms with Gasteiger partial charge in [-0.3, -0.25) is 4.79 Å². The molecule has 0 bridgehead atoms. The summed E-state index contributed by atoms with van der Waals surface area (Å²) < 4.78 is 33.6. The van der Waals surface area contributed by atoms with Gasteiger partial charge in [0.25, 0.3) is 5.91 Å². The van der Waals surface area contributed by atoms with Gasteiger partial charge in [0.15, 0.2) is 0 Å². The van der Waals surface area contributed by atoms with Gasteiger partial charge in [-0.15, -0.1) is 0 Å². The largest absolute Gasteiger partial charge is 0.381 e. The van der Waals surface area contributed by atoms with Gasteiger partial charge in [0.05, 0.1) is 4.90 Å². The number of amides is 1. The van der Waals surface area contributed by atoms with E-state index < -0.39 is 10.0 Å². The molecule has 178 valence electrons. The Morgan fingerprint density at radius 1 is 1.15 bits per heavy atom. The van der Waals surface area contributed by atoms with Crippen molar-refractivity contribution in [1.82, 2.24) is 9.62 Å². The van der Waals surface area contributed by atoms with Crippen LogP contribution >= 0.6 is 11.6 Å². The van der Waals surface area contributed by atoms with E-state index in [-0.39, 0.29) is 22.3 Å². The first kappa shape index (κ1) is 24.2. The fraction of sp³-hybridized carbons (Fsp3) is 0.480. The van der Waals surface area contributed by atoms with Gasteiger partial charge >= 0.3 is 0 Å². The molecule has 0 radical (unpaired) electrons. The minimum Gasteiger partial charge on any atom is -0.381 e. The summed E-state index contributed by atoms with van der Waals surface area (Å²) in [5.74, 6) is -0.286. The summed E-state index contributed by atoms with van der Waals surface area (Å²) in [6.45, 7) is 4.12. The van der Waals surface area contributed by atoms with Gasteiger partial charge in [-0.2, -0.15) is 4.31 Å². The molecule has 2 aromatic rings. The Hall–Kier alpha value is -1.93. The molecule has 2 saturated heterocycles. The summed E-state index contributed by atoms with van der Waals surface area (Å²) in [6, 6.07) is 14.1. The van der Waals surface area contributed by atoms with Crippen molar-refractivity contribution in [3.05, 3.63) is 64.7 Å². The Labute approximate surface area is 201 Å². The van der Waals surface area contributed by atoms with E-state index in [9.17, 15) is 13.2 Å². The third-order valence-electron chi connectivity index (χ3n) is 6.92. The lowest BCUT2D eigenvalue weighted by Crippen LogP contribution is -2.44. The second kappa shape index (κ2) is 10.1. The van der Waals surface area contributed by atoms with Crippen LogP contribution in [0.2, 0.25) is 5.02 Å². The number of carbonyl (C=O) groups is 1. The Bertz CT molecular complexity index is 1100. The van der Waals surface area contributed by atoms with Crippen molar-refractivity contribution in [2.45, 2.75) is 55.4 Å². The van der Waals surface area contributed by atoms with Crippen LogP contribution < -0.4 is 5.32 Å². The first-order valence-electron chi connectivity index (χ1n) is 11.6. The normalized spacial score (nSPS) is 21.5. The molecular weight excluding hydrogens is 460 g/mol. The maximum atomic E-state index is 13.2. The van der Waals surface area contributed by atoms with Crippen molar-refractivity contribution in [3.63, 3.8) is 0 Å². The highest BCUT2D eigenvalue weighted by Crippen LogP contribution is 2.35. The Morgan fingerprint density at radius 3 is 2.64 bits per heavy atom. The Kier molecular flexibility index (Phi) is 7.43. The van der Waals surface area contributed by atoms with Crippen LogP contribution in [-0.4, -0.2) is 51.0 Å². The monoisotopic (exact) mass is 490 g/mol. The number of piperidine rings is 1. The van der Waals surface area contributed by atoms with E-state index in [1.165, 1.54) is 6.07 Å². The van der Waals surface area contributed by atoms with Crippen molar-refractivity contribution >= 4 is 27.5 Å². The highest BCUT2D eigenvalue weighted by atomic mass is 35.5. The molecule has 8 heteroatoms. The lowest BCUT2D eigenvalue weighted by Gasteiger charge is -2.38. The molecule has 4 rings (SSSR count). The SMILES string of the molecule is CC1CCCCN1S(=O)(=O)c1cccc(C(=O)NCC2(c3cccc(Cl)c3)CCOCC2)c1. The number of carbonyl (C=O) groups excluding carboxylic acids is 1. The molecule has 1 amide bonds. The molecule has 2 aromatic carbocycles. The molecule has 2 aliphatic rings. The third-order valence-corrected chi connectivity index (χ3v) is 9.16. The number of nitrogens with one attached hydrogen (secondary N) is 1. The van der Waals surface area contributed by atoms with E-state index in [0.29, 0.717) is 36.9 Å². The zero-order valence-corrected chi connectivity index (χ0v) is 20.5. The van der Waals surface area contributed by atoms with Gasteiger partial charge < -0.3 is 10.1 Å². The van der Waals surface area contributed by atoms with Crippen molar-refractivity contribution in [1.29, 1.82) is 0 Å². The smallest absolute Gasteiger partial charge is 0.251 e. The molecule has 2 heterocycles. The molecule has 1 N–H and O–H groups in total. The zero-order valence-electron chi connectivity index (χ0n) is 18.9. The summed E-state index contributed by atoms with van der Waals surface area (Å²) in [6.07, 6.45) is 4.30. The molecule has 0 aliphatic carbocycles. The molecule has 0 spiro atoms. The Morgan fingerprint density at radius 2 is 1.91 bits per heavy atom. The fourth-order valence-electron chi connectivity index (χ4n) is 4.86. The van der Waals surface area contributed by atoms with E-state index >= 15 is 0 Å². The summed E-state index contributed by atoms with van der Waals surface area (Å²) in [5, 5.41) is 3.71. The van der Waals surface area contributed by atoms with E-state index in [4.69, 9.17) is 16.3 Å². The number of rotatable bonds is 6. The summed E-state index contributed by atoms with van der Waals surface area (Å²) >= 11 is 6.24. The van der Waals surface area contributed by atoms with Crippen LogP contribution in [0.3, 0.4) is 0 Å². The average Bonchev–Trinajstić information content (AvgIpc) is 2.83. The fourth-order valence-corrected chi connectivity index (χ4v) is 6.80. The number of sulfonamides is 1. The number of nitrogens with zero attached hydrogens (tertiary/aromatic N) is 1. The van der Waals surface area contributed by atoms with E-state index in [0.717, 1.165) is 37.7 Å². The van der Waals surface area contributed by atoms with E-state index in [1.54, 1.807) is 22.5 Å². The molecule has 33 heavy (non-hydrogen) atoms. The van der Waals surface area contributed by atoms with Crippen LogP contribution in [0.1, 0.15) is 54.9 Å². The number of ether oxygens (including phenoxy) is 1. The number of benzene rings is 2. The van der Waals surface area contributed by atoms with Crippen LogP contribution in [-0.2, 0) is 20.2 Å². The highest BCUT2D eigenvalue weighted by molar-refractivity contribution is 7.89. The lowest BCUT2D eigenvalue weighted by molar-refractivity contribution is 0.0487. The Balaban J connectivity index is 1.53. The lowest BCUT2D eigenvalue weighted by atomic mass is 9.74. The van der Waals surface area contributed by atoms with Gasteiger partial charge in [0, 0.05) is 48.3 Å². The standard InChI is InChI=1S/C25H31ClN2O4S/c1-19-6-2-3-13-28(19)33(30,31)23-10-4-7-20(16-23)24(29)27-18-25(11-14-32-15-12-25)21-8-5-9-22(26)17-21/h4-5,7-10,16-17,19H,2-3,6,11-15,18H2,1H3,(H,27,29). The predicted octanol–water partition coefficient (Wildman–Crippen LogP) is 4.38. The quantitative estimate of drug-likeness (QED) is 0.652. The van der Waals surface area contributed by atoms with Gasteiger partial charge in [-0.25, -0.2) is 8.42 Å². The topological polar surface area (TPSA) is 75.7 Å².